The molecule has 0 saturated heterocycles. The van der Waals surface area contributed by atoms with Crippen molar-refractivity contribution in [1.29, 1.82) is 0 Å². The number of nitrogens with zero attached hydrogens (tertiary/aromatic N) is 1. The van der Waals surface area contributed by atoms with Crippen LogP contribution in [0.4, 0.5) is 11.4 Å². The Bertz CT molecular complexity index is 987. The Kier molecular flexibility index (Phi) is 7.22. The molecule has 29 heavy (non-hydrogen) atoms. The zero-order valence-corrected chi connectivity index (χ0v) is 17.6. The van der Waals surface area contributed by atoms with Gasteiger partial charge in [0.2, 0.25) is 15.9 Å². The Morgan fingerprint density at radius 2 is 1.76 bits per heavy atom. The molecule has 0 fully saturated rings. The van der Waals surface area contributed by atoms with Crippen LogP contribution in [-0.2, 0) is 19.6 Å². The molecule has 0 bridgehead atoms. The van der Waals surface area contributed by atoms with E-state index < -0.39 is 28.4 Å². The average molecular weight is 420 g/mol. The Hall–Kier alpha value is -3.07. The topological polar surface area (TPSA) is 102 Å². The Morgan fingerprint density at radius 3 is 2.31 bits per heavy atom. The molecule has 2 rings (SSSR count). The number of rotatable bonds is 8. The number of sulfonamides is 1. The number of carbonyl (C=O) groups excluding carboxylic acids is 2. The molecular formula is C20H24N2O6S. The van der Waals surface area contributed by atoms with Gasteiger partial charge in [-0.25, -0.2) is 13.2 Å². The number of esters is 1. The third kappa shape index (κ3) is 5.95. The van der Waals surface area contributed by atoms with Crippen molar-refractivity contribution >= 4 is 33.3 Å². The lowest BCUT2D eigenvalue weighted by atomic mass is 10.2. The van der Waals surface area contributed by atoms with Crippen LogP contribution in [0.1, 0.15) is 22.8 Å². The van der Waals surface area contributed by atoms with Gasteiger partial charge in [-0.15, -0.1) is 0 Å². The number of aryl methyl sites for hydroxylation is 1. The van der Waals surface area contributed by atoms with E-state index in [9.17, 15) is 18.0 Å². The number of hydrogen-bond donors (Lipinski definition) is 1. The van der Waals surface area contributed by atoms with Crippen LogP contribution in [0.25, 0.3) is 0 Å². The summed E-state index contributed by atoms with van der Waals surface area (Å²) in [5, 5.41) is 2.63. The molecule has 0 aliphatic carbocycles. The summed E-state index contributed by atoms with van der Waals surface area (Å²) in [7, 11) is -2.32. The highest BCUT2D eigenvalue weighted by Gasteiger charge is 2.24. The van der Waals surface area contributed by atoms with Crippen molar-refractivity contribution in [2.75, 3.05) is 36.1 Å². The second-order valence-electron chi connectivity index (χ2n) is 6.29. The van der Waals surface area contributed by atoms with Gasteiger partial charge in [0.1, 0.15) is 12.3 Å². The van der Waals surface area contributed by atoms with Gasteiger partial charge in [-0.2, -0.15) is 0 Å². The van der Waals surface area contributed by atoms with E-state index >= 15 is 0 Å². The zero-order chi connectivity index (χ0) is 21.6. The van der Waals surface area contributed by atoms with Gasteiger partial charge in [0, 0.05) is 5.69 Å². The average Bonchev–Trinajstić information content (AvgIpc) is 2.66. The number of methoxy groups -OCH3 is 1. The first-order valence-electron chi connectivity index (χ1n) is 8.85. The van der Waals surface area contributed by atoms with E-state index in [-0.39, 0.29) is 12.3 Å². The van der Waals surface area contributed by atoms with Crippen molar-refractivity contribution in [3.05, 3.63) is 53.6 Å². The van der Waals surface area contributed by atoms with E-state index in [4.69, 9.17) is 9.47 Å². The summed E-state index contributed by atoms with van der Waals surface area (Å²) in [6, 6.07) is 11.2. The van der Waals surface area contributed by atoms with E-state index in [1.807, 2.05) is 6.92 Å². The predicted molar refractivity (Wildman–Crippen MR) is 111 cm³/mol. The number of nitrogens with one attached hydrogen (secondary N) is 1. The predicted octanol–water partition coefficient (Wildman–Crippen LogP) is 2.59. The molecule has 0 saturated carbocycles. The lowest BCUT2D eigenvalue weighted by molar-refractivity contribution is -0.114. The van der Waals surface area contributed by atoms with E-state index in [1.54, 1.807) is 37.3 Å². The maximum Gasteiger partial charge on any atom is 0.338 e. The number of ether oxygens (including phenoxy) is 2. The summed E-state index contributed by atoms with van der Waals surface area (Å²) in [6.07, 6.45) is 1.02. The third-order valence-electron chi connectivity index (χ3n) is 3.97. The quantitative estimate of drug-likeness (QED) is 0.659. The van der Waals surface area contributed by atoms with Crippen LogP contribution in [0.5, 0.6) is 5.75 Å². The fourth-order valence-corrected chi connectivity index (χ4v) is 3.46. The lowest BCUT2D eigenvalue weighted by Crippen LogP contribution is -2.37. The standard InChI is InChI=1S/C20H24N2O6S/c1-5-28-20(24)15-7-9-16(10-8-15)21-19(23)13-22(29(4,25)26)17-12-14(2)6-11-18(17)27-3/h6-12H,5,13H2,1-4H3,(H,21,23). The molecule has 1 amide bonds. The first kappa shape index (κ1) is 22.2. The largest absolute Gasteiger partial charge is 0.495 e. The fourth-order valence-electron chi connectivity index (χ4n) is 2.61. The molecule has 8 nitrogen and oxygen atoms in total. The first-order valence-corrected chi connectivity index (χ1v) is 10.7. The van der Waals surface area contributed by atoms with Gasteiger partial charge in [-0.1, -0.05) is 6.07 Å². The van der Waals surface area contributed by atoms with Crippen LogP contribution < -0.4 is 14.4 Å². The molecule has 0 aliphatic heterocycles. The van der Waals surface area contributed by atoms with Gasteiger partial charge >= 0.3 is 5.97 Å². The Morgan fingerprint density at radius 1 is 1.10 bits per heavy atom. The SMILES string of the molecule is CCOC(=O)c1ccc(NC(=O)CN(c2cc(C)ccc2OC)S(C)(=O)=O)cc1. The van der Waals surface area contributed by atoms with Gasteiger partial charge in [-0.05, 0) is 55.8 Å². The van der Waals surface area contributed by atoms with Crippen LogP contribution in [0, 0.1) is 6.92 Å². The zero-order valence-electron chi connectivity index (χ0n) is 16.8. The number of hydrogen-bond acceptors (Lipinski definition) is 6. The van der Waals surface area contributed by atoms with Crippen molar-refractivity contribution in [1.82, 2.24) is 0 Å². The number of anilines is 2. The van der Waals surface area contributed by atoms with E-state index in [2.05, 4.69) is 5.32 Å². The minimum atomic E-state index is -3.75. The number of carbonyl (C=O) groups is 2. The molecule has 9 heteroatoms. The van der Waals surface area contributed by atoms with Crippen LogP contribution in [-0.4, -0.2) is 46.8 Å². The van der Waals surface area contributed by atoms with Gasteiger partial charge in [0.25, 0.3) is 0 Å². The first-order chi connectivity index (χ1) is 13.7. The Labute approximate surface area is 170 Å². The highest BCUT2D eigenvalue weighted by atomic mass is 32.2. The molecule has 0 unspecified atom stereocenters. The molecule has 1 N–H and O–H groups in total. The molecular weight excluding hydrogens is 396 g/mol. The van der Waals surface area contributed by atoms with Gasteiger partial charge in [-0.3, -0.25) is 9.10 Å². The minimum Gasteiger partial charge on any atom is -0.495 e. The molecule has 0 aliphatic rings. The Balaban J connectivity index is 2.20. The molecule has 0 heterocycles. The molecule has 156 valence electrons. The molecule has 0 aromatic heterocycles. The fraction of sp³-hybridized carbons (Fsp3) is 0.300. The van der Waals surface area contributed by atoms with Crippen LogP contribution in [0.2, 0.25) is 0 Å². The van der Waals surface area contributed by atoms with Gasteiger partial charge < -0.3 is 14.8 Å². The minimum absolute atomic E-state index is 0.265. The van der Waals surface area contributed by atoms with Crippen LogP contribution in [0.15, 0.2) is 42.5 Å². The van der Waals surface area contributed by atoms with Crippen LogP contribution in [0.3, 0.4) is 0 Å². The lowest BCUT2D eigenvalue weighted by Gasteiger charge is -2.24. The molecule has 0 radical (unpaired) electrons. The monoisotopic (exact) mass is 420 g/mol. The van der Waals surface area contributed by atoms with Gasteiger partial charge in [0.15, 0.2) is 0 Å². The van der Waals surface area contributed by atoms with E-state index in [0.717, 1.165) is 16.1 Å². The maximum absolute atomic E-state index is 12.5. The molecule has 2 aromatic carbocycles. The summed E-state index contributed by atoms with van der Waals surface area (Å²) in [5.41, 5.74) is 1.88. The van der Waals surface area contributed by atoms with Crippen LogP contribution >= 0.6 is 0 Å². The second-order valence-corrected chi connectivity index (χ2v) is 8.20. The summed E-state index contributed by atoms with van der Waals surface area (Å²) in [6.45, 7) is 3.36. The molecule has 0 spiro atoms. The maximum atomic E-state index is 12.5. The molecule has 2 aromatic rings. The van der Waals surface area contributed by atoms with Crippen molar-refractivity contribution in [2.45, 2.75) is 13.8 Å². The summed E-state index contributed by atoms with van der Waals surface area (Å²) < 4.78 is 35.8. The smallest absolute Gasteiger partial charge is 0.338 e. The second kappa shape index (κ2) is 9.42. The number of amides is 1. The summed E-state index contributed by atoms with van der Waals surface area (Å²) in [5.74, 6) is -0.657. The van der Waals surface area contributed by atoms with Gasteiger partial charge in [0.05, 0.1) is 31.2 Å². The summed E-state index contributed by atoms with van der Waals surface area (Å²) >= 11 is 0. The van der Waals surface area contributed by atoms with Crippen molar-refractivity contribution in [3.8, 4) is 5.75 Å². The molecule has 0 atom stereocenters. The normalized spacial score (nSPS) is 10.9. The third-order valence-corrected chi connectivity index (χ3v) is 5.10. The highest BCUT2D eigenvalue weighted by Crippen LogP contribution is 2.31. The van der Waals surface area contributed by atoms with Crippen molar-refractivity contribution < 1.29 is 27.5 Å². The summed E-state index contributed by atoms with van der Waals surface area (Å²) in [4.78, 5) is 24.2. The van der Waals surface area contributed by atoms with Crippen molar-refractivity contribution in [2.24, 2.45) is 0 Å². The van der Waals surface area contributed by atoms with Crippen molar-refractivity contribution in [3.63, 3.8) is 0 Å². The van der Waals surface area contributed by atoms with E-state index in [0.29, 0.717) is 17.0 Å². The number of benzene rings is 2. The highest BCUT2D eigenvalue weighted by molar-refractivity contribution is 7.92. The van der Waals surface area contributed by atoms with E-state index in [1.165, 1.54) is 19.2 Å².